The van der Waals surface area contributed by atoms with E-state index in [0.717, 1.165) is 16.8 Å². The van der Waals surface area contributed by atoms with Crippen LogP contribution in [0.5, 0.6) is 0 Å². The average molecular weight is 452 g/mol. The van der Waals surface area contributed by atoms with Crippen LogP contribution in [0.1, 0.15) is 13.8 Å². The smallest absolute Gasteiger partial charge is 0.303 e. The van der Waals surface area contributed by atoms with Crippen LogP contribution >= 0.6 is 11.6 Å². The number of amides is 1. The highest BCUT2D eigenvalue weighted by atomic mass is 35.5. The van der Waals surface area contributed by atoms with Gasteiger partial charge < -0.3 is 15.0 Å². The molecule has 164 valence electrons. The molecule has 3 heterocycles. The van der Waals surface area contributed by atoms with E-state index in [4.69, 9.17) is 26.3 Å². The summed E-state index contributed by atoms with van der Waals surface area (Å²) in [6, 6.07) is 12.7. The quantitative estimate of drug-likeness (QED) is 0.595. The van der Waals surface area contributed by atoms with Gasteiger partial charge in [0.15, 0.2) is 5.82 Å². The van der Waals surface area contributed by atoms with Crippen LogP contribution in [-0.2, 0) is 14.3 Å². The van der Waals surface area contributed by atoms with Crippen LogP contribution < -0.4 is 10.2 Å². The number of anilines is 1. The second-order valence-corrected chi connectivity index (χ2v) is 7.98. The molecule has 0 saturated carbocycles. The van der Waals surface area contributed by atoms with Crippen LogP contribution in [-0.4, -0.2) is 52.1 Å². The Morgan fingerprint density at radius 3 is 2.53 bits per heavy atom. The standard InChI is InChI=1S/C23H22ClN5O3/c1-14(30)26-20-12-29(13-21(20)32-15(2)31)22-10-19(16-5-7-18(24)8-6-16)27-23(28-22)17-4-3-9-25-11-17/h3-11,20-21H,12-13H2,1-2H3,(H,26,30)/t20-,21-/m1/s1. The second kappa shape index (κ2) is 9.32. The maximum Gasteiger partial charge on any atom is 0.303 e. The first-order valence-corrected chi connectivity index (χ1v) is 10.5. The van der Waals surface area contributed by atoms with Crippen LogP contribution in [0.4, 0.5) is 5.82 Å². The molecule has 0 spiro atoms. The molecular formula is C23H22ClN5O3. The largest absolute Gasteiger partial charge is 0.458 e. The number of carbonyl (C=O) groups excluding carboxylic acids is 2. The van der Waals surface area contributed by atoms with Crippen molar-refractivity contribution in [3.8, 4) is 22.6 Å². The Labute approximate surface area is 190 Å². The van der Waals surface area contributed by atoms with Gasteiger partial charge in [0.1, 0.15) is 11.9 Å². The van der Waals surface area contributed by atoms with E-state index >= 15 is 0 Å². The van der Waals surface area contributed by atoms with Gasteiger partial charge in [-0.15, -0.1) is 0 Å². The van der Waals surface area contributed by atoms with E-state index in [0.29, 0.717) is 29.8 Å². The Bertz CT molecular complexity index is 1100. The summed E-state index contributed by atoms with van der Waals surface area (Å²) < 4.78 is 5.46. The first kappa shape index (κ1) is 21.7. The lowest BCUT2D eigenvalue weighted by atomic mass is 10.1. The van der Waals surface area contributed by atoms with Crippen LogP contribution in [0, 0.1) is 0 Å². The lowest BCUT2D eigenvalue weighted by Crippen LogP contribution is -2.43. The molecular weight excluding hydrogens is 430 g/mol. The molecule has 1 amide bonds. The monoisotopic (exact) mass is 451 g/mol. The third-order valence-electron chi connectivity index (χ3n) is 5.07. The minimum Gasteiger partial charge on any atom is -0.458 e. The van der Waals surface area contributed by atoms with Gasteiger partial charge in [0.2, 0.25) is 5.91 Å². The highest BCUT2D eigenvalue weighted by molar-refractivity contribution is 6.30. The predicted octanol–water partition coefficient (Wildman–Crippen LogP) is 3.12. The summed E-state index contributed by atoms with van der Waals surface area (Å²) in [5, 5.41) is 3.51. The van der Waals surface area contributed by atoms with Crippen LogP contribution in [0.2, 0.25) is 5.02 Å². The number of nitrogens with zero attached hydrogens (tertiary/aromatic N) is 4. The summed E-state index contributed by atoms with van der Waals surface area (Å²) in [4.78, 5) is 38.9. The fourth-order valence-electron chi connectivity index (χ4n) is 3.68. The van der Waals surface area contributed by atoms with Crippen molar-refractivity contribution in [1.29, 1.82) is 0 Å². The normalized spacial score (nSPS) is 17.8. The summed E-state index contributed by atoms with van der Waals surface area (Å²) in [5.74, 6) is 0.601. The van der Waals surface area contributed by atoms with Gasteiger partial charge in [-0.05, 0) is 24.3 Å². The van der Waals surface area contributed by atoms with Gasteiger partial charge in [-0.25, -0.2) is 9.97 Å². The number of halogens is 1. The Morgan fingerprint density at radius 2 is 1.88 bits per heavy atom. The predicted molar refractivity (Wildman–Crippen MR) is 121 cm³/mol. The summed E-state index contributed by atoms with van der Waals surface area (Å²) in [7, 11) is 0. The minimum atomic E-state index is -0.479. The molecule has 1 aliphatic rings. The number of benzene rings is 1. The SMILES string of the molecule is CC(=O)N[C@@H]1CN(c2cc(-c3ccc(Cl)cc3)nc(-c3cccnc3)n2)C[C@H]1OC(C)=O. The van der Waals surface area contributed by atoms with E-state index in [1.54, 1.807) is 12.4 Å². The van der Waals surface area contributed by atoms with Gasteiger partial charge in [-0.2, -0.15) is 0 Å². The number of rotatable bonds is 5. The third kappa shape index (κ3) is 5.03. The van der Waals surface area contributed by atoms with E-state index in [-0.39, 0.29) is 11.9 Å². The molecule has 1 fully saturated rings. The summed E-state index contributed by atoms with van der Waals surface area (Å²) in [6.45, 7) is 3.64. The molecule has 9 heteroatoms. The fraction of sp³-hybridized carbons (Fsp3) is 0.261. The van der Waals surface area contributed by atoms with E-state index < -0.39 is 12.1 Å². The van der Waals surface area contributed by atoms with Crippen molar-refractivity contribution in [3.63, 3.8) is 0 Å². The van der Waals surface area contributed by atoms with Gasteiger partial charge in [0.25, 0.3) is 0 Å². The van der Waals surface area contributed by atoms with Gasteiger partial charge in [-0.3, -0.25) is 14.6 Å². The van der Waals surface area contributed by atoms with Crippen LogP contribution in [0.3, 0.4) is 0 Å². The number of esters is 1. The molecule has 4 rings (SSSR count). The molecule has 1 aromatic carbocycles. The van der Waals surface area contributed by atoms with Gasteiger partial charge in [0, 0.05) is 55.0 Å². The number of hydrogen-bond acceptors (Lipinski definition) is 7. The van der Waals surface area contributed by atoms with Crippen molar-refractivity contribution in [2.45, 2.75) is 26.0 Å². The molecule has 1 aliphatic heterocycles. The maximum atomic E-state index is 11.7. The molecule has 3 aromatic rings. The third-order valence-corrected chi connectivity index (χ3v) is 5.32. The van der Waals surface area contributed by atoms with Crippen molar-refractivity contribution in [2.24, 2.45) is 0 Å². The van der Waals surface area contributed by atoms with E-state index in [9.17, 15) is 9.59 Å². The summed E-state index contributed by atoms with van der Waals surface area (Å²) in [5.41, 5.74) is 2.38. The Kier molecular flexibility index (Phi) is 6.32. The van der Waals surface area contributed by atoms with Crippen molar-refractivity contribution < 1.29 is 14.3 Å². The Morgan fingerprint density at radius 1 is 1.09 bits per heavy atom. The number of pyridine rings is 1. The maximum absolute atomic E-state index is 11.7. The first-order valence-electron chi connectivity index (χ1n) is 10.1. The molecule has 1 saturated heterocycles. The highest BCUT2D eigenvalue weighted by Crippen LogP contribution is 2.29. The summed E-state index contributed by atoms with van der Waals surface area (Å²) in [6.07, 6.45) is 2.92. The van der Waals surface area contributed by atoms with Crippen molar-refractivity contribution in [1.82, 2.24) is 20.3 Å². The number of nitrogens with one attached hydrogen (secondary N) is 1. The van der Waals surface area contributed by atoms with Crippen molar-refractivity contribution in [2.75, 3.05) is 18.0 Å². The number of carbonyl (C=O) groups is 2. The lowest BCUT2D eigenvalue weighted by Gasteiger charge is -2.19. The average Bonchev–Trinajstić information content (AvgIpc) is 3.15. The molecule has 2 aromatic heterocycles. The zero-order valence-corrected chi connectivity index (χ0v) is 18.4. The van der Waals surface area contributed by atoms with Gasteiger partial charge >= 0.3 is 5.97 Å². The molecule has 8 nitrogen and oxygen atoms in total. The van der Waals surface area contributed by atoms with E-state index in [1.807, 2.05) is 47.4 Å². The van der Waals surface area contributed by atoms with E-state index in [2.05, 4.69) is 10.3 Å². The molecule has 0 unspecified atom stereocenters. The molecule has 0 radical (unpaired) electrons. The number of aromatic nitrogens is 3. The number of ether oxygens (including phenoxy) is 1. The van der Waals surface area contributed by atoms with Gasteiger partial charge in [-0.1, -0.05) is 23.7 Å². The van der Waals surface area contributed by atoms with Crippen molar-refractivity contribution in [3.05, 3.63) is 59.9 Å². The Hall–Kier alpha value is -3.52. The molecule has 0 aliphatic carbocycles. The highest BCUT2D eigenvalue weighted by Gasteiger charge is 2.36. The van der Waals surface area contributed by atoms with Gasteiger partial charge in [0.05, 0.1) is 18.3 Å². The number of hydrogen-bond donors (Lipinski definition) is 1. The van der Waals surface area contributed by atoms with Crippen molar-refractivity contribution >= 4 is 29.3 Å². The van der Waals surface area contributed by atoms with Crippen LogP contribution in [0.25, 0.3) is 22.6 Å². The van der Waals surface area contributed by atoms with Crippen LogP contribution in [0.15, 0.2) is 54.9 Å². The zero-order chi connectivity index (χ0) is 22.7. The fourth-order valence-corrected chi connectivity index (χ4v) is 3.81. The lowest BCUT2D eigenvalue weighted by molar-refractivity contribution is -0.146. The zero-order valence-electron chi connectivity index (χ0n) is 17.7. The molecule has 32 heavy (non-hydrogen) atoms. The topological polar surface area (TPSA) is 97.3 Å². The summed E-state index contributed by atoms with van der Waals surface area (Å²) >= 11 is 6.05. The molecule has 1 N–H and O–H groups in total. The molecule has 0 bridgehead atoms. The second-order valence-electron chi connectivity index (χ2n) is 7.54. The first-order chi connectivity index (χ1) is 15.4. The molecule has 2 atom stereocenters. The Balaban J connectivity index is 1.74. The van der Waals surface area contributed by atoms with E-state index in [1.165, 1.54) is 13.8 Å². The minimum absolute atomic E-state index is 0.186.